The van der Waals surface area contributed by atoms with E-state index in [2.05, 4.69) is 21.7 Å². The minimum atomic E-state index is -1.16. The summed E-state index contributed by atoms with van der Waals surface area (Å²) in [5.74, 6) is -1.19. The van der Waals surface area contributed by atoms with Gasteiger partial charge in [-0.25, -0.2) is 15.6 Å². The van der Waals surface area contributed by atoms with E-state index < -0.39 is 41.3 Å². The van der Waals surface area contributed by atoms with Crippen LogP contribution >= 0.6 is 23.5 Å². The Morgan fingerprint density at radius 1 is 1.33 bits per heavy atom. The molecule has 5 atom stereocenters. The third-order valence-electron chi connectivity index (χ3n) is 5.41. The number of aliphatic hydroxyl groups excluding tert-OH is 2. The van der Waals surface area contributed by atoms with Crippen molar-refractivity contribution in [1.82, 2.24) is 26.6 Å². The lowest BCUT2D eigenvalue weighted by Crippen LogP contribution is -2.71. The highest BCUT2D eigenvalue weighted by molar-refractivity contribution is 8.01. The molecular weight excluding hydrogens is 512 g/mol. The third kappa shape index (κ3) is 6.68. The van der Waals surface area contributed by atoms with Crippen LogP contribution in [0.3, 0.4) is 0 Å². The molecule has 2 saturated heterocycles. The predicted octanol–water partition coefficient (Wildman–Crippen LogP) is -1.84. The van der Waals surface area contributed by atoms with Gasteiger partial charge in [-0.1, -0.05) is 12.1 Å². The fourth-order valence-corrected chi connectivity index (χ4v) is 5.96. The van der Waals surface area contributed by atoms with Crippen molar-refractivity contribution in [3.8, 4) is 5.75 Å². The molecule has 10 N–H and O–H groups in total. The molecule has 0 aliphatic carbocycles. The van der Waals surface area contributed by atoms with Gasteiger partial charge in [-0.15, -0.1) is 23.5 Å². The van der Waals surface area contributed by atoms with Crippen molar-refractivity contribution in [3.63, 3.8) is 0 Å². The Kier molecular flexibility index (Phi) is 9.98. The molecule has 2 amide bonds. The average molecular weight is 543 g/mol. The summed E-state index contributed by atoms with van der Waals surface area (Å²) in [5, 5.41) is 37.3. The Morgan fingerprint density at radius 2 is 2.00 bits per heavy atom. The number of benzene rings is 1. The van der Waals surface area contributed by atoms with E-state index >= 15 is 0 Å². The highest BCUT2D eigenvalue weighted by atomic mass is 32.2. The standard InChI is InChI=1S/C18H22N6O5S2.C3H8O2/c19-12(8-1-3-10(25)4-2-8)15(26)21-13-16(27)24-14(18(28)29)9(7-31-17(13)24)6-30-11-5-20-23-22-11;1-3(5)2-4/h1-4,11-13,17,20,22-23,25H,5-7,19H2,(H,21,26)(H,28,29);3-5H,2H2,1H3/t11?,12-,13-,17-;/m1./s1. The van der Waals surface area contributed by atoms with Gasteiger partial charge >= 0.3 is 5.97 Å². The molecule has 0 radical (unpaired) electrons. The number of carboxylic acids is 1. The fraction of sp³-hybridized carbons (Fsp3) is 0.476. The van der Waals surface area contributed by atoms with Crippen LogP contribution in [-0.2, 0) is 14.4 Å². The smallest absolute Gasteiger partial charge is 0.352 e. The summed E-state index contributed by atoms with van der Waals surface area (Å²) < 4.78 is 0. The Morgan fingerprint density at radius 3 is 2.56 bits per heavy atom. The number of nitrogens with one attached hydrogen (secondary N) is 4. The maximum Gasteiger partial charge on any atom is 0.352 e. The number of aliphatic carboxylic acids is 1. The lowest BCUT2D eigenvalue weighted by molar-refractivity contribution is -0.150. The second-order valence-corrected chi connectivity index (χ2v) is 10.5. The highest BCUT2D eigenvalue weighted by Crippen LogP contribution is 2.41. The largest absolute Gasteiger partial charge is 0.508 e. The summed E-state index contributed by atoms with van der Waals surface area (Å²) in [6.45, 7) is 2.08. The number of thioether (sulfide) groups is 2. The molecule has 36 heavy (non-hydrogen) atoms. The molecule has 13 nitrogen and oxygen atoms in total. The molecule has 3 aliphatic heterocycles. The first-order valence-electron chi connectivity index (χ1n) is 11.0. The first kappa shape index (κ1) is 28.2. The topological polar surface area (TPSA) is 210 Å². The van der Waals surface area contributed by atoms with E-state index in [1.807, 2.05) is 0 Å². The number of carbonyl (C=O) groups excluding carboxylic acids is 2. The van der Waals surface area contributed by atoms with Crippen LogP contribution in [0.2, 0.25) is 0 Å². The van der Waals surface area contributed by atoms with E-state index in [4.69, 9.17) is 15.9 Å². The van der Waals surface area contributed by atoms with Gasteiger partial charge in [0, 0.05) is 18.1 Å². The number of carboxylic acid groups (broad SMARTS) is 1. The Labute approximate surface area is 215 Å². The number of hydrazine groups is 2. The molecule has 198 valence electrons. The van der Waals surface area contributed by atoms with Gasteiger partial charge < -0.3 is 31.5 Å². The minimum Gasteiger partial charge on any atom is -0.508 e. The van der Waals surface area contributed by atoms with Crippen molar-refractivity contribution in [2.75, 3.05) is 24.7 Å². The fourth-order valence-electron chi connectivity index (χ4n) is 3.50. The Bertz CT molecular complexity index is 987. The summed E-state index contributed by atoms with van der Waals surface area (Å²) in [6.07, 6.45) is -0.560. The Hall–Kier alpha value is -2.37. The zero-order valence-corrected chi connectivity index (χ0v) is 21.0. The number of phenols is 1. The second kappa shape index (κ2) is 12.7. The van der Waals surface area contributed by atoms with Gasteiger partial charge in [0.05, 0.1) is 18.1 Å². The van der Waals surface area contributed by atoms with Gasteiger partial charge in [0.15, 0.2) is 0 Å². The van der Waals surface area contributed by atoms with Crippen molar-refractivity contribution >= 4 is 41.3 Å². The zero-order valence-electron chi connectivity index (χ0n) is 19.4. The Balaban J connectivity index is 0.000000658. The van der Waals surface area contributed by atoms with Crippen molar-refractivity contribution in [1.29, 1.82) is 0 Å². The zero-order chi connectivity index (χ0) is 26.4. The summed E-state index contributed by atoms with van der Waals surface area (Å²) in [7, 11) is 0. The van der Waals surface area contributed by atoms with Gasteiger partial charge in [0.2, 0.25) is 5.91 Å². The van der Waals surface area contributed by atoms with E-state index in [0.717, 1.165) is 0 Å². The molecule has 1 aromatic carbocycles. The van der Waals surface area contributed by atoms with Crippen molar-refractivity contribution in [2.24, 2.45) is 5.73 Å². The molecule has 2 fully saturated rings. The van der Waals surface area contributed by atoms with Gasteiger partial charge in [0.1, 0.15) is 28.9 Å². The van der Waals surface area contributed by atoms with E-state index in [9.17, 15) is 24.6 Å². The van der Waals surface area contributed by atoms with Gasteiger partial charge in [-0.3, -0.25) is 14.5 Å². The first-order chi connectivity index (χ1) is 17.1. The van der Waals surface area contributed by atoms with Crippen LogP contribution in [0.4, 0.5) is 0 Å². The quantitative estimate of drug-likeness (QED) is 0.166. The summed E-state index contributed by atoms with van der Waals surface area (Å²) in [4.78, 5) is 38.5. The molecule has 2 unspecified atom stereocenters. The number of aromatic hydroxyl groups is 1. The maximum atomic E-state index is 12.7. The number of hydrogen-bond acceptors (Lipinski definition) is 12. The van der Waals surface area contributed by atoms with Crippen LogP contribution in [-0.4, -0.2) is 90.7 Å². The lowest BCUT2D eigenvalue weighted by Gasteiger charge is -2.49. The monoisotopic (exact) mass is 542 g/mol. The van der Waals surface area contributed by atoms with Crippen LogP contribution < -0.4 is 27.4 Å². The summed E-state index contributed by atoms with van der Waals surface area (Å²) in [6, 6.07) is 4.05. The lowest BCUT2D eigenvalue weighted by atomic mass is 10.0. The van der Waals surface area contributed by atoms with E-state index in [0.29, 0.717) is 29.2 Å². The first-order valence-corrected chi connectivity index (χ1v) is 13.1. The number of phenolic OH excluding ortho intramolecular Hbond substituents is 1. The molecule has 0 bridgehead atoms. The average Bonchev–Trinajstić information content (AvgIpc) is 3.39. The number of nitrogens with zero attached hydrogens (tertiary/aromatic N) is 1. The van der Waals surface area contributed by atoms with Crippen molar-refractivity contribution in [2.45, 2.75) is 35.9 Å². The molecule has 1 aromatic rings. The normalized spacial score (nSPS) is 24.7. The van der Waals surface area contributed by atoms with Gasteiger partial charge in [0.25, 0.3) is 5.91 Å². The minimum absolute atomic E-state index is 0.00602. The van der Waals surface area contributed by atoms with E-state index in [1.54, 1.807) is 11.8 Å². The van der Waals surface area contributed by atoms with E-state index in [1.165, 1.54) is 47.9 Å². The maximum absolute atomic E-state index is 12.7. The van der Waals surface area contributed by atoms with Crippen molar-refractivity contribution in [3.05, 3.63) is 41.1 Å². The molecule has 0 spiro atoms. The van der Waals surface area contributed by atoms with Crippen LogP contribution in [0.15, 0.2) is 35.5 Å². The molecule has 3 heterocycles. The van der Waals surface area contributed by atoms with E-state index in [-0.39, 0.29) is 23.4 Å². The number of β-lactam (4-membered cyclic amide) rings is 1. The van der Waals surface area contributed by atoms with Gasteiger partial charge in [-0.05, 0) is 30.2 Å². The number of rotatable bonds is 8. The number of aliphatic hydroxyl groups is 2. The summed E-state index contributed by atoms with van der Waals surface area (Å²) >= 11 is 2.96. The molecule has 0 saturated carbocycles. The molecule has 4 rings (SSSR count). The number of fused-ring (bicyclic) bond motifs is 1. The molecule has 15 heteroatoms. The molecular formula is C21H30N6O7S2. The predicted molar refractivity (Wildman–Crippen MR) is 134 cm³/mol. The van der Waals surface area contributed by atoms with Crippen LogP contribution in [0.1, 0.15) is 18.5 Å². The number of amides is 2. The van der Waals surface area contributed by atoms with Crippen LogP contribution in [0, 0.1) is 0 Å². The van der Waals surface area contributed by atoms with Crippen molar-refractivity contribution < 1.29 is 34.8 Å². The van der Waals surface area contributed by atoms with Crippen LogP contribution in [0.5, 0.6) is 5.75 Å². The molecule has 3 aliphatic rings. The number of nitrogens with two attached hydrogens (primary N) is 1. The number of carbonyl (C=O) groups is 3. The van der Waals surface area contributed by atoms with Crippen LogP contribution in [0.25, 0.3) is 0 Å². The second-order valence-electron chi connectivity index (χ2n) is 8.20. The third-order valence-corrected chi connectivity index (χ3v) is 7.96. The van der Waals surface area contributed by atoms with Gasteiger partial charge in [-0.2, -0.15) is 5.53 Å². The summed E-state index contributed by atoms with van der Waals surface area (Å²) in [5.41, 5.74) is 15.9. The number of hydrogen-bond donors (Lipinski definition) is 9. The SMILES string of the molecule is CC(O)CO.N[C@@H](C(=O)N[C@@H]1C(=O)N2C(C(=O)O)=C(CSC3CNNN3)CS[C@H]12)c1ccc(O)cc1. The molecule has 0 aromatic heterocycles. The highest BCUT2D eigenvalue weighted by Gasteiger charge is 2.54.